The minimum atomic E-state index is -4.40. The molecule has 1 saturated carbocycles. The molecular weight excluding hydrogens is 799 g/mol. The quantitative estimate of drug-likeness (QED) is 0.0613. The van der Waals surface area contributed by atoms with Crippen LogP contribution in [0.2, 0.25) is 31.0 Å². The van der Waals surface area contributed by atoms with Crippen LogP contribution in [0.1, 0.15) is 92.9 Å². The maximum atomic E-state index is 14.7. The Kier molecular flexibility index (Phi) is 14.7. The van der Waals surface area contributed by atoms with Crippen LogP contribution in [0.15, 0.2) is 12.1 Å². The van der Waals surface area contributed by atoms with Crippen LogP contribution < -0.4 is 4.90 Å². The van der Waals surface area contributed by atoms with Crippen LogP contribution in [-0.4, -0.2) is 115 Å². The van der Waals surface area contributed by atoms with Gasteiger partial charge in [0, 0.05) is 20.7 Å². The van der Waals surface area contributed by atoms with Crippen LogP contribution in [0.25, 0.3) is 5.52 Å². The van der Waals surface area contributed by atoms with E-state index in [-0.39, 0.29) is 37.8 Å². The van der Waals surface area contributed by atoms with Crippen LogP contribution in [0.4, 0.5) is 10.6 Å². The first-order valence-electron chi connectivity index (χ1n) is 20.0. The molecule has 16 nitrogen and oxygen atoms in total. The smallest absolute Gasteiger partial charge is 0.416 e. The maximum absolute atomic E-state index is 14.7. The highest BCUT2D eigenvalue weighted by Crippen LogP contribution is 2.62. The van der Waals surface area contributed by atoms with Crippen LogP contribution in [-0.2, 0) is 51.6 Å². The van der Waals surface area contributed by atoms with E-state index in [0.29, 0.717) is 23.6 Å². The standard InChI is InChI=1S/C38H62ClN4O12PSi/c1-12-48-33(44)38(24-47-21-22-57(9,10)11,56(46,50-13-2)51-14-3)49-23-28-30-31(54-37(7,8)53-30)29(52-28)26-19-20-27-32(40-34(39)41-43(26)27)42(25-17-15-16-18-25)35(45)55-36(4,5)6/h19-20,25,28-31H,12-18,21-24H2,1-11H3/t28-,29-,30-,31+,38+/m1/s1. The van der Waals surface area contributed by atoms with Gasteiger partial charge in [-0.3, -0.25) is 9.46 Å². The summed E-state index contributed by atoms with van der Waals surface area (Å²) in [7, 11) is -5.94. The highest BCUT2D eigenvalue weighted by atomic mass is 35.5. The third-order valence-electron chi connectivity index (χ3n) is 9.86. The van der Waals surface area contributed by atoms with Crippen molar-refractivity contribution < 1.29 is 56.4 Å². The fraction of sp³-hybridized carbons (Fsp3) is 0.789. The third kappa shape index (κ3) is 10.4. The van der Waals surface area contributed by atoms with Gasteiger partial charge >= 0.3 is 19.7 Å². The number of esters is 1. The van der Waals surface area contributed by atoms with E-state index < -0.39 is 75.5 Å². The average molecular weight is 861 g/mol. The molecule has 1 aliphatic carbocycles. The summed E-state index contributed by atoms with van der Waals surface area (Å²) in [5, 5.41) is 2.18. The van der Waals surface area contributed by atoms with Crippen LogP contribution in [0.3, 0.4) is 0 Å². The lowest BCUT2D eigenvalue weighted by Gasteiger charge is -2.37. The predicted molar refractivity (Wildman–Crippen MR) is 216 cm³/mol. The number of fused-ring (bicyclic) bond motifs is 2. The van der Waals surface area contributed by atoms with Crippen molar-refractivity contribution in [1.82, 2.24) is 14.6 Å². The lowest BCUT2D eigenvalue weighted by Crippen LogP contribution is -2.50. The molecule has 5 rings (SSSR count). The second kappa shape index (κ2) is 18.2. The molecule has 3 aliphatic rings. The molecule has 3 fully saturated rings. The van der Waals surface area contributed by atoms with Crippen molar-refractivity contribution in [2.75, 3.05) is 44.5 Å². The van der Waals surface area contributed by atoms with Gasteiger partial charge in [0.2, 0.25) is 5.28 Å². The number of rotatable bonds is 18. The Morgan fingerprint density at radius 3 is 2.28 bits per heavy atom. The Labute approximate surface area is 342 Å². The SMILES string of the molecule is CCOC(=O)[C@@](COCC[Si](C)(C)C)(OC[C@H]1O[C@H](c2ccc3c(N(C(=O)OC(C)(C)C)C4CCCC4)nc(Cl)nn23)[C@@H]2OC(C)(C)O[C@@H]21)P(=O)(OCC)OCC. The number of hydrogen-bond donors (Lipinski definition) is 0. The van der Waals surface area contributed by atoms with Crippen LogP contribution >= 0.6 is 19.2 Å². The van der Waals surface area contributed by atoms with Crippen LogP contribution in [0.5, 0.6) is 0 Å². The molecule has 0 bridgehead atoms. The molecule has 0 spiro atoms. The fourth-order valence-corrected chi connectivity index (χ4v) is 10.2. The number of ether oxygens (including phenoxy) is 7. The van der Waals surface area contributed by atoms with Gasteiger partial charge in [0.25, 0.3) is 5.34 Å². The molecule has 0 N–H and O–H groups in total. The highest BCUT2D eigenvalue weighted by Gasteiger charge is 2.63. The molecule has 0 radical (unpaired) electrons. The zero-order chi connectivity index (χ0) is 42.0. The van der Waals surface area contributed by atoms with Crippen molar-refractivity contribution in [2.45, 2.75) is 154 Å². The summed E-state index contributed by atoms with van der Waals surface area (Å²) in [6.45, 7) is 20.1. The van der Waals surface area contributed by atoms with E-state index in [9.17, 15) is 14.2 Å². The van der Waals surface area contributed by atoms with Crippen molar-refractivity contribution >= 4 is 50.7 Å². The second-order valence-electron chi connectivity index (χ2n) is 17.2. The van der Waals surface area contributed by atoms with Gasteiger partial charge in [-0.2, -0.15) is 4.98 Å². The predicted octanol–water partition coefficient (Wildman–Crippen LogP) is 7.92. The largest absolute Gasteiger partial charge is 0.463 e. The Bertz CT molecular complexity index is 1750. The zero-order valence-electron chi connectivity index (χ0n) is 35.3. The molecule has 19 heteroatoms. The first-order chi connectivity index (χ1) is 26.7. The second-order valence-corrected chi connectivity index (χ2v) is 25.4. The first kappa shape index (κ1) is 45.9. The van der Waals surface area contributed by atoms with Gasteiger partial charge in [0.05, 0.1) is 38.7 Å². The Morgan fingerprint density at radius 2 is 1.68 bits per heavy atom. The lowest BCUT2D eigenvalue weighted by atomic mass is 10.1. The van der Waals surface area contributed by atoms with E-state index in [0.717, 1.165) is 31.7 Å². The molecule has 2 aromatic rings. The van der Waals surface area contributed by atoms with E-state index in [2.05, 4.69) is 29.7 Å². The van der Waals surface area contributed by atoms with Gasteiger partial charge in [0.1, 0.15) is 35.5 Å². The van der Waals surface area contributed by atoms with Gasteiger partial charge in [-0.1, -0.05) is 32.5 Å². The molecule has 0 unspecified atom stereocenters. The molecule has 2 saturated heterocycles. The van der Waals surface area contributed by atoms with Crippen molar-refractivity contribution in [3.05, 3.63) is 23.1 Å². The number of carbonyl (C=O) groups excluding carboxylic acids is 2. The molecule has 5 atom stereocenters. The Balaban J connectivity index is 1.52. The summed E-state index contributed by atoms with van der Waals surface area (Å²) < 4.78 is 71.3. The van der Waals surface area contributed by atoms with Gasteiger partial charge in [-0.25, -0.2) is 14.1 Å². The highest BCUT2D eigenvalue weighted by molar-refractivity contribution is 7.56. The van der Waals surface area contributed by atoms with E-state index in [1.54, 1.807) is 50.1 Å². The molecule has 322 valence electrons. The molecule has 2 aliphatic heterocycles. The van der Waals surface area contributed by atoms with Crippen molar-refractivity contribution in [1.29, 1.82) is 0 Å². The topological polar surface area (TPSA) is 168 Å². The van der Waals surface area contributed by atoms with Crippen molar-refractivity contribution in [2.24, 2.45) is 0 Å². The minimum Gasteiger partial charge on any atom is -0.463 e. The molecular formula is C38H62ClN4O12PSi. The summed E-state index contributed by atoms with van der Waals surface area (Å²) in [5.74, 6) is -1.65. The number of anilines is 1. The summed E-state index contributed by atoms with van der Waals surface area (Å²) in [5.41, 5.74) is 0.316. The summed E-state index contributed by atoms with van der Waals surface area (Å²) in [6, 6.07) is 4.27. The lowest BCUT2D eigenvalue weighted by molar-refractivity contribution is -0.202. The number of carbonyl (C=O) groups is 2. The minimum absolute atomic E-state index is 0.0191. The number of hydrogen-bond acceptors (Lipinski definition) is 14. The summed E-state index contributed by atoms with van der Waals surface area (Å²) in [6.07, 6.45) is -0.0872. The molecule has 0 aromatic carbocycles. The number of amides is 1. The van der Waals surface area contributed by atoms with E-state index in [1.807, 2.05) is 26.8 Å². The fourth-order valence-electron chi connectivity index (χ4n) is 7.37. The molecule has 4 heterocycles. The number of aromatic nitrogens is 3. The van der Waals surface area contributed by atoms with Gasteiger partial charge in [0.15, 0.2) is 11.6 Å². The zero-order valence-corrected chi connectivity index (χ0v) is 38.0. The summed E-state index contributed by atoms with van der Waals surface area (Å²) in [4.78, 5) is 34.0. The maximum Gasteiger partial charge on any atom is 0.416 e. The third-order valence-corrected chi connectivity index (χ3v) is 14.2. The van der Waals surface area contributed by atoms with Crippen LogP contribution in [0, 0.1) is 0 Å². The van der Waals surface area contributed by atoms with Crippen molar-refractivity contribution in [3.63, 3.8) is 0 Å². The summed E-state index contributed by atoms with van der Waals surface area (Å²) >= 11 is 6.62. The van der Waals surface area contributed by atoms with Gasteiger partial charge in [-0.05, 0) is 98.0 Å². The van der Waals surface area contributed by atoms with E-state index in [4.69, 9.17) is 53.8 Å². The van der Waals surface area contributed by atoms with E-state index in [1.165, 1.54) is 0 Å². The molecule has 2 aromatic heterocycles. The monoisotopic (exact) mass is 860 g/mol. The van der Waals surface area contributed by atoms with E-state index >= 15 is 0 Å². The Hall–Kier alpha value is -2.18. The number of halogens is 1. The van der Waals surface area contributed by atoms with Gasteiger partial charge in [-0.15, -0.1) is 5.10 Å². The van der Waals surface area contributed by atoms with Crippen molar-refractivity contribution in [3.8, 4) is 0 Å². The Morgan fingerprint density at radius 1 is 1.04 bits per heavy atom. The average Bonchev–Trinajstić information content (AvgIpc) is 3.88. The molecule has 1 amide bonds. The van der Waals surface area contributed by atoms with Gasteiger partial charge < -0.3 is 42.2 Å². The molecule has 57 heavy (non-hydrogen) atoms. The number of nitrogens with zero attached hydrogens (tertiary/aromatic N) is 4. The normalized spacial score (nSPS) is 23.8. The first-order valence-corrected chi connectivity index (χ1v) is 25.7.